The molecule has 4 aromatic rings. The molecule has 0 aliphatic heterocycles. The molecule has 1 heterocycles. The van der Waals surface area contributed by atoms with Gasteiger partial charge in [-0.2, -0.15) is 4.31 Å². The van der Waals surface area contributed by atoms with Crippen LogP contribution in [0, 0.1) is 5.92 Å². The van der Waals surface area contributed by atoms with Crippen LogP contribution in [0.15, 0.2) is 108 Å². The Hall–Kier alpha value is -4.78. The molecule has 2 atom stereocenters. The number of nitrogens with one attached hydrogen (secondary N) is 2. The molecule has 0 unspecified atom stereocenters. The van der Waals surface area contributed by atoms with Crippen molar-refractivity contribution in [1.82, 2.24) is 19.9 Å². The number of unbranched alkanes of at least 4 members (excludes halogenated alkanes) is 1. The molecule has 0 bridgehead atoms. The van der Waals surface area contributed by atoms with Crippen molar-refractivity contribution in [3.8, 4) is 0 Å². The van der Waals surface area contributed by atoms with Crippen LogP contribution in [0.2, 0.25) is 0 Å². The number of rotatable bonds is 17. The number of anilines is 2. The predicted molar refractivity (Wildman–Crippen MR) is 192 cm³/mol. The summed E-state index contributed by atoms with van der Waals surface area (Å²) in [5, 5.41) is 16.2. The van der Waals surface area contributed by atoms with Gasteiger partial charge in [-0.3, -0.25) is 9.59 Å². The Morgan fingerprint density at radius 1 is 0.857 bits per heavy atom. The molecule has 3 aromatic carbocycles. The number of hydrogen-bond acceptors (Lipinski definition) is 8. The van der Waals surface area contributed by atoms with Crippen LogP contribution < -0.4 is 22.1 Å². The number of aliphatic hydroxyl groups is 1. The maximum absolute atomic E-state index is 13.9. The zero-order chi connectivity index (χ0) is 35.4. The molecule has 2 amide bonds. The minimum absolute atomic E-state index is 0.0234. The van der Waals surface area contributed by atoms with E-state index in [-0.39, 0.29) is 47.8 Å². The summed E-state index contributed by atoms with van der Waals surface area (Å²) in [4.78, 5) is 31.5. The zero-order valence-corrected chi connectivity index (χ0v) is 28.7. The summed E-state index contributed by atoms with van der Waals surface area (Å²) in [5.41, 5.74) is 13.9. The lowest BCUT2D eigenvalue weighted by Crippen LogP contribution is -2.50. The number of carbonyl (C=O) groups excluding carboxylic acids is 2. The van der Waals surface area contributed by atoms with Gasteiger partial charge in [0, 0.05) is 36.9 Å². The van der Waals surface area contributed by atoms with Crippen molar-refractivity contribution in [2.75, 3.05) is 31.2 Å². The third-order valence-electron chi connectivity index (χ3n) is 8.18. The third kappa shape index (κ3) is 10.1. The van der Waals surface area contributed by atoms with Gasteiger partial charge in [-0.15, -0.1) is 0 Å². The Morgan fingerprint density at radius 3 is 2.00 bits per heavy atom. The van der Waals surface area contributed by atoms with Crippen LogP contribution in [-0.4, -0.2) is 66.4 Å². The summed E-state index contributed by atoms with van der Waals surface area (Å²) in [6, 6.07) is 26.5. The molecule has 0 spiro atoms. The van der Waals surface area contributed by atoms with Crippen LogP contribution in [0.1, 0.15) is 60.5 Å². The highest BCUT2D eigenvalue weighted by Gasteiger charge is 2.34. The maximum atomic E-state index is 13.9. The molecule has 0 aliphatic rings. The number of carbonyl (C=O) groups is 2. The second kappa shape index (κ2) is 17.6. The Labute approximate surface area is 288 Å². The highest BCUT2D eigenvalue weighted by Crippen LogP contribution is 2.29. The van der Waals surface area contributed by atoms with Crippen molar-refractivity contribution in [3.05, 3.63) is 120 Å². The van der Waals surface area contributed by atoms with Crippen LogP contribution in [0.25, 0.3) is 0 Å². The maximum Gasteiger partial charge on any atom is 0.253 e. The quantitative estimate of drug-likeness (QED) is 0.0811. The van der Waals surface area contributed by atoms with E-state index in [1.807, 2.05) is 74.5 Å². The summed E-state index contributed by atoms with van der Waals surface area (Å²) >= 11 is 0. The van der Waals surface area contributed by atoms with Gasteiger partial charge in [0.2, 0.25) is 15.9 Å². The van der Waals surface area contributed by atoms with Crippen LogP contribution in [-0.2, 0) is 14.8 Å². The molecule has 11 nitrogen and oxygen atoms in total. The highest BCUT2D eigenvalue weighted by molar-refractivity contribution is 7.89. The first-order valence-corrected chi connectivity index (χ1v) is 17.8. The summed E-state index contributed by atoms with van der Waals surface area (Å²) in [6.45, 7) is 4.01. The molecule has 49 heavy (non-hydrogen) atoms. The van der Waals surface area contributed by atoms with Gasteiger partial charge in [-0.25, -0.2) is 13.4 Å². The molecular weight excluding hydrogens is 641 g/mol. The summed E-state index contributed by atoms with van der Waals surface area (Å²) in [5.74, 6) is -1.05. The van der Waals surface area contributed by atoms with Crippen molar-refractivity contribution >= 4 is 33.3 Å². The summed E-state index contributed by atoms with van der Waals surface area (Å²) < 4.78 is 28.6. The number of amides is 2. The minimum Gasteiger partial charge on any atom is -0.399 e. The average molecular weight is 687 g/mol. The number of nitrogen functional groups attached to an aromatic ring is 2. The number of nitrogens with zero attached hydrogens (tertiary/aromatic N) is 2. The predicted octanol–water partition coefficient (Wildman–Crippen LogP) is 4.17. The van der Waals surface area contributed by atoms with Gasteiger partial charge < -0.3 is 27.2 Å². The molecule has 0 saturated carbocycles. The van der Waals surface area contributed by atoms with E-state index in [1.54, 1.807) is 18.2 Å². The smallest absolute Gasteiger partial charge is 0.253 e. The first-order valence-electron chi connectivity index (χ1n) is 16.4. The van der Waals surface area contributed by atoms with Crippen molar-refractivity contribution in [2.45, 2.75) is 56.0 Å². The third-order valence-corrected chi connectivity index (χ3v) is 10.1. The lowest BCUT2D eigenvalue weighted by atomic mass is 9.84. The van der Waals surface area contributed by atoms with E-state index in [0.717, 1.165) is 11.1 Å². The van der Waals surface area contributed by atoms with Crippen LogP contribution in [0.3, 0.4) is 0 Å². The Balaban J connectivity index is 1.49. The van der Waals surface area contributed by atoms with Gasteiger partial charge in [0.15, 0.2) is 0 Å². The van der Waals surface area contributed by atoms with Gasteiger partial charge >= 0.3 is 0 Å². The monoisotopic (exact) mass is 686 g/mol. The Bertz CT molecular complexity index is 1700. The van der Waals surface area contributed by atoms with Crippen molar-refractivity contribution in [2.24, 2.45) is 5.92 Å². The molecule has 1 aromatic heterocycles. The number of hydrogen-bond donors (Lipinski definition) is 5. The Kier molecular flexibility index (Phi) is 13.3. The van der Waals surface area contributed by atoms with Crippen molar-refractivity contribution in [3.63, 3.8) is 0 Å². The summed E-state index contributed by atoms with van der Waals surface area (Å²) in [7, 11) is -3.89. The second-order valence-corrected chi connectivity index (χ2v) is 14.3. The number of nitrogens with two attached hydrogens (primary N) is 2. The lowest BCUT2D eigenvalue weighted by molar-refractivity contribution is -0.123. The van der Waals surface area contributed by atoms with Gasteiger partial charge in [0.25, 0.3) is 5.91 Å². The number of aliphatic hydroxyl groups excluding tert-OH is 1. The topological polar surface area (TPSA) is 181 Å². The van der Waals surface area contributed by atoms with E-state index >= 15 is 0 Å². The van der Waals surface area contributed by atoms with E-state index < -0.39 is 33.9 Å². The molecule has 7 N–H and O–H groups in total. The van der Waals surface area contributed by atoms with Gasteiger partial charge in [0.1, 0.15) is 11.9 Å². The van der Waals surface area contributed by atoms with E-state index in [1.165, 1.54) is 28.7 Å². The van der Waals surface area contributed by atoms with Gasteiger partial charge in [-0.05, 0) is 66.3 Å². The normalized spacial score (nSPS) is 12.9. The SMILES string of the molecule is CC(C)CN([C@H](CO)CCCCNC(=O)[C@@H](NC(=O)c1ccc(N)nc1)C(c1ccccc1)c1ccccc1)S(=O)(=O)c1ccc(N)cc1. The largest absolute Gasteiger partial charge is 0.399 e. The molecule has 0 radical (unpaired) electrons. The fourth-order valence-corrected chi connectivity index (χ4v) is 7.50. The minimum atomic E-state index is -3.89. The standard InChI is InChI=1S/C37H46N6O5S/c1-26(2)24-43(49(47,48)32-19-17-30(38)18-20-32)31(25-44)15-9-10-22-40-37(46)35(42-36(45)29-16-21-33(39)41-23-29)34(27-11-5-3-6-12-27)28-13-7-4-8-14-28/h3-8,11-14,16-21,23,26,31,34-35,44H,9-10,15,22,24-25,38H2,1-2H3,(H2,39,41)(H,40,46)(H,42,45)/t31-,35-/m0/s1. The van der Waals surface area contributed by atoms with Gasteiger partial charge in [0.05, 0.1) is 17.1 Å². The zero-order valence-electron chi connectivity index (χ0n) is 27.9. The van der Waals surface area contributed by atoms with E-state index in [4.69, 9.17) is 11.5 Å². The molecule has 0 fully saturated rings. The van der Waals surface area contributed by atoms with E-state index in [9.17, 15) is 23.1 Å². The molecule has 12 heteroatoms. The Morgan fingerprint density at radius 2 is 1.47 bits per heavy atom. The first kappa shape index (κ1) is 37.0. The average Bonchev–Trinajstić information content (AvgIpc) is 3.10. The highest BCUT2D eigenvalue weighted by atomic mass is 32.2. The van der Waals surface area contributed by atoms with Crippen LogP contribution >= 0.6 is 0 Å². The van der Waals surface area contributed by atoms with Crippen molar-refractivity contribution < 1.29 is 23.1 Å². The molecule has 260 valence electrons. The van der Waals surface area contributed by atoms with E-state index in [0.29, 0.717) is 24.9 Å². The first-order chi connectivity index (χ1) is 23.5. The number of aromatic nitrogens is 1. The fraction of sp³-hybridized carbons (Fsp3) is 0.324. The molecule has 0 saturated heterocycles. The number of pyridine rings is 1. The van der Waals surface area contributed by atoms with Crippen LogP contribution in [0.4, 0.5) is 11.5 Å². The molecular formula is C37H46N6O5S. The van der Waals surface area contributed by atoms with Gasteiger partial charge in [-0.1, -0.05) is 80.9 Å². The van der Waals surface area contributed by atoms with Crippen molar-refractivity contribution in [1.29, 1.82) is 0 Å². The lowest BCUT2D eigenvalue weighted by Gasteiger charge is -2.31. The number of sulfonamides is 1. The number of benzene rings is 3. The molecule has 4 rings (SSSR count). The van der Waals surface area contributed by atoms with E-state index in [2.05, 4.69) is 15.6 Å². The fourth-order valence-electron chi connectivity index (χ4n) is 5.69. The second-order valence-electron chi connectivity index (χ2n) is 12.4. The van der Waals surface area contributed by atoms with Crippen LogP contribution in [0.5, 0.6) is 0 Å². The summed E-state index contributed by atoms with van der Waals surface area (Å²) in [6.07, 6.45) is 2.80. The molecule has 0 aliphatic carbocycles.